The Kier molecular flexibility index (Phi) is 10.3. The van der Waals surface area contributed by atoms with E-state index in [0.717, 1.165) is 6.07 Å². The summed E-state index contributed by atoms with van der Waals surface area (Å²) in [5, 5.41) is 18.7. The van der Waals surface area contributed by atoms with Crippen LogP contribution < -0.4 is 15.4 Å². The molecule has 0 unspecified atom stereocenters. The van der Waals surface area contributed by atoms with Gasteiger partial charge in [-0.3, -0.25) is 10.1 Å². The molecule has 5 rings (SSSR count). The third kappa shape index (κ3) is 8.89. The first kappa shape index (κ1) is 35.3. The predicted molar refractivity (Wildman–Crippen MR) is 177 cm³/mol. The summed E-state index contributed by atoms with van der Waals surface area (Å²) in [5.74, 6) is -3.41. The van der Waals surface area contributed by atoms with Gasteiger partial charge in [0.15, 0.2) is 17.3 Å². The number of carboxylic acids is 1. The molecule has 0 aliphatic rings. The lowest BCUT2D eigenvalue weighted by atomic mass is 10.0. The van der Waals surface area contributed by atoms with Gasteiger partial charge in [0.05, 0.1) is 11.7 Å². The molecule has 1 atom stereocenters. The number of hydrogen-bond acceptors (Lipinski definition) is 9. The van der Waals surface area contributed by atoms with E-state index in [1.165, 1.54) is 36.4 Å². The molecule has 0 spiro atoms. The van der Waals surface area contributed by atoms with Crippen molar-refractivity contribution in [3.63, 3.8) is 0 Å². The monoisotopic (exact) mass is 688 g/mol. The number of halogens is 2. The fraction of sp³-hybridized carbons (Fsp3) is 0.250. The van der Waals surface area contributed by atoms with Gasteiger partial charge in [-0.25, -0.2) is 18.4 Å². The van der Waals surface area contributed by atoms with Crippen molar-refractivity contribution in [3.8, 4) is 39.9 Å². The molecule has 12 nitrogen and oxygen atoms in total. The molecule has 14 heteroatoms. The summed E-state index contributed by atoms with van der Waals surface area (Å²) in [5.41, 5.74) is 0.966. The highest BCUT2D eigenvalue weighted by Crippen LogP contribution is 2.29. The first-order chi connectivity index (χ1) is 23.6. The van der Waals surface area contributed by atoms with Crippen LogP contribution in [-0.2, 0) is 16.0 Å². The highest BCUT2D eigenvalue weighted by atomic mass is 19.1. The molecule has 3 aromatic carbocycles. The van der Waals surface area contributed by atoms with Gasteiger partial charge in [-0.05, 0) is 107 Å². The summed E-state index contributed by atoms with van der Waals surface area (Å²) in [6, 6.07) is 16.1. The molecule has 0 saturated heterocycles. The van der Waals surface area contributed by atoms with E-state index in [2.05, 4.69) is 20.8 Å². The zero-order valence-corrected chi connectivity index (χ0v) is 27.7. The number of carboxylic acid groups (broad SMARTS) is 1. The molecule has 3 N–H and O–H groups in total. The smallest absolute Gasteiger partial charge is 0.412 e. The number of anilines is 1. The number of furan rings is 1. The number of rotatable bonds is 11. The zero-order chi connectivity index (χ0) is 36.2. The Bertz CT molecular complexity index is 2010. The van der Waals surface area contributed by atoms with Gasteiger partial charge in [0.25, 0.3) is 11.8 Å². The van der Waals surface area contributed by atoms with Gasteiger partial charge in [0.1, 0.15) is 23.2 Å². The number of amides is 2. The summed E-state index contributed by atoms with van der Waals surface area (Å²) in [4.78, 5) is 41.2. The minimum Gasteiger partial charge on any atom is -0.488 e. The second-order valence-corrected chi connectivity index (χ2v) is 12.5. The van der Waals surface area contributed by atoms with Gasteiger partial charge in [-0.1, -0.05) is 11.2 Å². The molecule has 0 saturated carbocycles. The molecule has 260 valence electrons. The van der Waals surface area contributed by atoms with Crippen molar-refractivity contribution in [1.82, 2.24) is 15.5 Å². The molecule has 50 heavy (non-hydrogen) atoms. The maximum atomic E-state index is 15.2. The Balaban J connectivity index is 1.22. The van der Waals surface area contributed by atoms with E-state index < -0.39 is 41.2 Å². The Morgan fingerprint density at radius 1 is 0.920 bits per heavy atom. The molecule has 2 aromatic heterocycles. The second-order valence-electron chi connectivity index (χ2n) is 12.5. The quantitative estimate of drug-likeness (QED) is 0.126. The van der Waals surface area contributed by atoms with Gasteiger partial charge in [0.2, 0.25) is 5.82 Å². The van der Waals surface area contributed by atoms with E-state index in [9.17, 15) is 23.9 Å². The molecule has 0 aliphatic carbocycles. The molecule has 2 heterocycles. The highest BCUT2D eigenvalue weighted by molar-refractivity contribution is 5.95. The average molecular weight is 689 g/mol. The number of carbonyl (C=O) groups is 3. The van der Waals surface area contributed by atoms with Gasteiger partial charge in [0, 0.05) is 23.2 Å². The van der Waals surface area contributed by atoms with Crippen molar-refractivity contribution in [3.05, 3.63) is 95.8 Å². The minimum atomic E-state index is -1.43. The van der Waals surface area contributed by atoms with Gasteiger partial charge < -0.3 is 28.8 Å². The van der Waals surface area contributed by atoms with Gasteiger partial charge in [-0.15, -0.1) is 0 Å². The molecule has 2 amide bonds. The first-order valence-electron chi connectivity index (χ1n) is 15.5. The van der Waals surface area contributed by atoms with E-state index in [0.29, 0.717) is 16.8 Å². The standard InChI is InChI=1S/C36H34F2N4O8/c1-19(2)47-29-13-9-22(18-26(29)38)28-14-15-30(48-28)32(43)40-27(34(44)45)17-20-6-12-24(25(37)16-20)31-41-33(50-42-31)21-7-10-23(11-8-21)39-35(46)49-36(3,4)5/h6-16,18-19,27H,17H2,1-5H3,(H,39,46)(H,40,43)(H,44,45)/t27-/m1/s1. The molecule has 5 aromatic rings. The molecule has 0 fully saturated rings. The summed E-state index contributed by atoms with van der Waals surface area (Å²) in [7, 11) is 0. The number of aromatic nitrogens is 2. The van der Waals surface area contributed by atoms with Crippen LogP contribution in [0, 0.1) is 11.6 Å². The van der Waals surface area contributed by atoms with Gasteiger partial charge >= 0.3 is 12.1 Å². The van der Waals surface area contributed by atoms with Crippen LogP contribution in [0.4, 0.5) is 19.3 Å². The van der Waals surface area contributed by atoms with Crippen LogP contribution in [0.3, 0.4) is 0 Å². The Morgan fingerprint density at radius 2 is 1.64 bits per heavy atom. The van der Waals surface area contributed by atoms with E-state index in [1.807, 2.05) is 0 Å². The zero-order valence-electron chi connectivity index (χ0n) is 27.7. The van der Waals surface area contributed by atoms with Crippen LogP contribution in [0.1, 0.15) is 50.7 Å². The third-order valence-electron chi connectivity index (χ3n) is 6.93. The number of carbonyl (C=O) groups excluding carboxylic acids is 2. The Labute approximate surface area is 285 Å². The number of nitrogens with zero attached hydrogens (tertiary/aromatic N) is 2. The highest BCUT2D eigenvalue weighted by Gasteiger charge is 2.25. The SMILES string of the molecule is CC(C)Oc1ccc(-c2ccc(C(=O)N[C@H](Cc3ccc(-c4noc(-c5ccc(NC(=O)OC(C)(C)C)cc5)n4)c(F)c3)C(=O)O)o2)cc1F. The molecular weight excluding hydrogens is 654 g/mol. The largest absolute Gasteiger partial charge is 0.488 e. The summed E-state index contributed by atoms with van der Waals surface area (Å²) >= 11 is 0. The maximum Gasteiger partial charge on any atom is 0.412 e. The van der Waals surface area contributed by atoms with Crippen molar-refractivity contribution in [2.24, 2.45) is 0 Å². The number of benzene rings is 3. The number of aliphatic carboxylic acids is 1. The lowest BCUT2D eigenvalue weighted by Crippen LogP contribution is -2.42. The Hall–Kier alpha value is -6.05. The molecule has 0 aliphatic heterocycles. The van der Waals surface area contributed by atoms with E-state index in [4.69, 9.17) is 18.4 Å². The molecule has 0 radical (unpaired) electrons. The van der Waals surface area contributed by atoms with E-state index >= 15 is 4.39 Å². The van der Waals surface area contributed by atoms with E-state index in [-0.39, 0.29) is 52.6 Å². The lowest BCUT2D eigenvalue weighted by Gasteiger charge is -2.19. The molecule has 0 bridgehead atoms. The van der Waals surface area contributed by atoms with Crippen LogP contribution in [-0.4, -0.2) is 51.0 Å². The van der Waals surface area contributed by atoms with Crippen LogP contribution >= 0.6 is 0 Å². The fourth-order valence-electron chi connectivity index (χ4n) is 4.72. The topological polar surface area (TPSA) is 166 Å². The van der Waals surface area contributed by atoms with Crippen molar-refractivity contribution in [1.29, 1.82) is 0 Å². The summed E-state index contributed by atoms with van der Waals surface area (Å²) < 4.78 is 51.2. The number of nitrogens with one attached hydrogen (secondary N) is 2. The van der Waals surface area contributed by atoms with Crippen LogP contribution in [0.2, 0.25) is 0 Å². The van der Waals surface area contributed by atoms with Crippen molar-refractivity contribution in [2.75, 3.05) is 5.32 Å². The van der Waals surface area contributed by atoms with Crippen molar-refractivity contribution >= 4 is 23.7 Å². The Morgan fingerprint density at radius 3 is 2.28 bits per heavy atom. The number of hydrogen-bond donors (Lipinski definition) is 3. The predicted octanol–water partition coefficient (Wildman–Crippen LogP) is 7.50. The van der Waals surface area contributed by atoms with Gasteiger partial charge in [-0.2, -0.15) is 4.98 Å². The van der Waals surface area contributed by atoms with Crippen LogP contribution in [0.5, 0.6) is 5.75 Å². The molecular formula is C36H34F2N4O8. The number of ether oxygens (including phenoxy) is 2. The maximum absolute atomic E-state index is 15.2. The van der Waals surface area contributed by atoms with Crippen LogP contribution in [0.25, 0.3) is 34.2 Å². The third-order valence-corrected chi connectivity index (χ3v) is 6.93. The average Bonchev–Trinajstić information content (AvgIpc) is 3.72. The normalized spacial score (nSPS) is 12.0. The van der Waals surface area contributed by atoms with Crippen LogP contribution in [0.15, 0.2) is 81.7 Å². The lowest BCUT2D eigenvalue weighted by molar-refractivity contribution is -0.139. The summed E-state index contributed by atoms with van der Waals surface area (Å²) in [6.07, 6.45) is -1.09. The van der Waals surface area contributed by atoms with E-state index in [1.54, 1.807) is 65.0 Å². The first-order valence-corrected chi connectivity index (χ1v) is 15.5. The second kappa shape index (κ2) is 14.6. The summed E-state index contributed by atoms with van der Waals surface area (Å²) in [6.45, 7) is 8.79. The fourth-order valence-corrected chi connectivity index (χ4v) is 4.72. The van der Waals surface area contributed by atoms with Crippen molar-refractivity contribution < 1.29 is 46.7 Å². The van der Waals surface area contributed by atoms with Crippen molar-refractivity contribution in [2.45, 2.75) is 58.8 Å². The minimum absolute atomic E-state index is 0.00576.